The third kappa shape index (κ3) is 3.13. The van der Waals surface area contributed by atoms with Crippen molar-refractivity contribution in [3.05, 3.63) is 18.0 Å². The first-order valence-electron chi connectivity index (χ1n) is 5.56. The van der Waals surface area contributed by atoms with Crippen LogP contribution in [0.25, 0.3) is 0 Å². The van der Waals surface area contributed by atoms with E-state index in [2.05, 4.69) is 20.0 Å². The van der Waals surface area contributed by atoms with Crippen LogP contribution in [0.2, 0.25) is 0 Å². The number of nitrogens with zero attached hydrogens (tertiary/aromatic N) is 2. The summed E-state index contributed by atoms with van der Waals surface area (Å²) in [7, 11) is 1.32. The van der Waals surface area contributed by atoms with Crippen LogP contribution in [0.3, 0.4) is 0 Å². The van der Waals surface area contributed by atoms with Crippen LogP contribution in [0, 0.1) is 0 Å². The Morgan fingerprint density at radius 1 is 1.71 bits per heavy atom. The highest BCUT2D eigenvalue weighted by Gasteiger charge is 2.15. The summed E-state index contributed by atoms with van der Waals surface area (Å²) in [5.74, 6) is -0.0454. The smallest absolute Gasteiger partial charge is 0.356 e. The van der Waals surface area contributed by atoms with E-state index in [9.17, 15) is 4.79 Å². The SMILES string of the molecule is COC(=O)c1ccnc(NCC2CCCO2)n1. The van der Waals surface area contributed by atoms with Crippen LogP contribution in [0.5, 0.6) is 0 Å². The van der Waals surface area contributed by atoms with Gasteiger partial charge in [-0.1, -0.05) is 0 Å². The molecule has 1 atom stereocenters. The number of esters is 1. The van der Waals surface area contributed by atoms with E-state index in [0.717, 1.165) is 19.4 Å². The quantitative estimate of drug-likeness (QED) is 0.783. The Balaban J connectivity index is 1.93. The predicted molar refractivity (Wildman–Crippen MR) is 60.8 cm³/mol. The molecule has 1 aliphatic rings. The highest BCUT2D eigenvalue weighted by Crippen LogP contribution is 2.12. The Kier molecular flexibility index (Phi) is 3.87. The second kappa shape index (κ2) is 5.58. The first-order valence-corrected chi connectivity index (χ1v) is 5.56. The molecule has 2 rings (SSSR count). The van der Waals surface area contributed by atoms with Crippen molar-refractivity contribution < 1.29 is 14.3 Å². The van der Waals surface area contributed by atoms with Crippen molar-refractivity contribution in [2.75, 3.05) is 25.6 Å². The summed E-state index contributed by atoms with van der Waals surface area (Å²) in [5.41, 5.74) is 0.248. The van der Waals surface area contributed by atoms with E-state index in [1.807, 2.05) is 0 Å². The molecule has 17 heavy (non-hydrogen) atoms. The average molecular weight is 237 g/mol. The van der Waals surface area contributed by atoms with Gasteiger partial charge in [-0.2, -0.15) is 0 Å². The van der Waals surface area contributed by atoms with Crippen LogP contribution in [0.4, 0.5) is 5.95 Å². The number of rotatable bonds is 4. The van der Waals surface area contributed by atoms with Crippen molar-refractivity contribution in [3.8, 4) is 0 Å². The molecule has 92 valence electrons. The fraction of sp³-hybridized carbons (Fsp3) is 0.545. The van der Waals surface area contributed by atoms with E-state index in [1.54, 1.807) is 0 Å². The van der Waals surface area contributed by atoms with Gasteiger partial charge in [0.25, 0.3) is 0 Å². The van der Waals surface area contributed by atoms with Gasteiger partial charge in [0.15, 0.2) is 5.69 Å². The summed E-state index contributed by atoms with van der Waals surface area (Å²) in [6, 6.07) is 1.52. The minimum absolute atomic E-state index is 0.209. The molecule has 0 radical (unpaired) electrons. The van der Waals surface area contributed by atoms with Gasteiger partial charge in [-0.05, 0) is 18.9 Å². The molecule has 1 saturated heterocycles. The van der Waals surface area contributed by atoms with E-state index in [1.165, 1.54) is 19.4 Å². The lowest BCUT2D eigenvalue weighted by Crippen LogP contribution is -2.20. The van der Waals surface area contributed by atoms with Crippen molar-refractivity contribution in [2.24, 2.45) is 0 Å². The molecule has 1 aromatic rings. The number of anilines is 1. The first-order chi connectivity index (χ1) is 8.29. The first kappa shape index (κ1) is 11.8. The van der Waals surface area contributed by atoms with E-state index in [0.29, 0.717) is 12.5 Å². The summed E-state index contributed by atoms with van der Waals surface area (Å²) in [5, 5.41) is 3.05. The van der Waals surface area contributed by atoms with Gasteiger partial charge in [0, 0.05) is 19.3 Å². The normalized spacial score (nSPS) is 19.0. The summed E-state index contributed by atoms with van der Waals surface area (Å²) in [6.07, 6.45) is 3.87. The van der Waals surface area contributed by atoms with E-state index in [4.69, 9.17) is 4.74 Å². The highest BCUT2D eigenvalue weighted by molar-refractivity contribution is 5.87. The van der Waals surface area contributed by atoms with Crippen LogP contribution in [0.1, 0.15) is 23.3 Å². The van der Waals surface area contributed by atoms with Gasteiger partial charge < -0.3 is 14.8 Å². The fourth-order valence-electron chi connectivity index (χ4n) is 1.67. The van der Waals surface area contributed by atoms with Crippen LogP contribution < -0.4 is 5.32 Å². The number of carbonyl (C=O) groups is 1. The maximum absolute atomic E-state index is 11.3. The Morgan fingerprint density at radius 2 is 2.59 bits per heavy atom. The van der Waals surface area contributed by atoms with Crippen molar-refractivity contribution in [2.45, 2.75) is 18.9 Å². The third-order valence-corrected chi connectivity index (χ3v) is 2.56. The molecule has 1 unspecified atom stereocenters. The molecule has 0 aliphatic carbocycles. The molecule has 2 heterocycles. The minimum Gasteiger partial charge on any atom is -0.464 e. The van der Waals surface area contributed by atoms with Crippen LogP contribution in [-0.2, 0) is 9.47 Å². The molecule has 0 saturated carbocycles. The zero-order chi connectivity index (χ0) is 12.1. The monoisotopic (exact) mass is 237 g/mol. The molecular formula is C11H15N3O3. The summed E-state index contributed by atoms with van der Waals surface area (Å²) < 4.78 is 10.1. The number of hydrogen-bond donors (Lipinski definition) is 1. The molecule has 1 aliphatic heterocycles. The standard InChI is InChI=1S/C11H15N3O3/c1-16-10(15)9-4-5-12-11(14-9)13-7-8-3-2-6-17-8/h4-5,8H,2-3,6-7H2,1H3,(H,12,13,14). The van der Waals surface area contributed by atoms with Gasteiger partial charge in [-0.3, -0.25) is 0 Å². The number of carbonyl (C=O) groups excluding carboxylic acids is 1. The van der Waals surface area contributed by atoms with Gasteiger partial charge in [-0.15, -0.1) is 0 Å². The molecule has 1 N–H and O–H groups in total. The Hall–Kier alpha value is -1.69. The number of methoxy groups -OCH3 is 1. The topological polar surface area (TPSA) is 73.3 Å². The highest BCUT2D eigenvalue weighted by atomic mass is 16.5. The molecular weight excluding hydrogens is 222 g/mol. The molecule has 6 heteroatoms. The third-order valence-electron chi connectivity index (χ3n) is 2.56. The number of nitrogens with one attached hydrogen (secondary N) is 1. The largest absolute Gasteiger partial charge is 0.464 e. The zero-order valence-corrected chi connectivity index (χ0v) is 9.68. The van der Waals surface area contributed by atoms with Crippen molar-refractivity contribution >= 4 is 11.9 Å². The lowest BCUT2D eigenvalue weighted by molar-refractivity contribution is 0.0594. The molecule has 0 spiro atoms. The molecule has 6 nitrogen and oxygen atoms in total. The fourth-order valence-corrected chi connectivity index (χ4v) is 1.67. The summed E-state index contributed by atoms with van der Waals surface area (Å²) >= 11 is 0. The predicted octanol–water partition coefficient (Wildman–Crippen LogP) is 0.854. The molecule has 0 amide bonds. The Bertz CT molecular complexity index is 391. The Labute approximate surface area is 99.4 Å². The van der Waals surface area contributed by atoms with Gasteiger partial charge in [0.2, 0.25) is 5.95 Å². The summed E-state index contributed by atoms with van der Waals surface area (Å²) in [4.78, 5) is 19.3. The zero-order valence-electron chi connectivity index (χ0n) is 9.68. The van der Waals surface area contributed by atoms with Gasteiger partial charge in [0.05, 0.1) is 13.2 Å². The van der Waals surface area contributed by atoms with Gasteiger partial charge in [-0.25, -0.2) is 14.8 Å². The maximum Gasteiger partial charge on any atom is 0.356 e. The second-order valence-corrected chi connectivity index (χ2v) is 3.77. The lowest BCUT2D eigenvalue weighted by atomic mass is 10.2. The van der Waals surface area contributed by atoms with Crippen LogP contribution >= 0.6 is 0 Å². The van der Waals surface area contributed by atoms with Crippen LogP contribution in [-0.4, -0.2) is 42.3 Å². The van der Waals surface area contributed by atoms with E-state index >= 15 is 0 Å². The van der Waals surface area contributed by atoms with Crippen molar-refractivity contribution in [3.63, 3.8) is 0 Å². The Morgan fingerprint density at radius 3 is 3.29 bits per heavy atom. The number of hydrogen-bond acceptors (Lipinski definition) is 6. The van der Waals surface area contributed by atoms with Gasteiger partial charge in [0.1, 0.15) is 0 Å². The average Bonchev–Trinajstić information content (AvgIpc) is 2.89. The molecule has 0 aromatic carbocycles. The number of aromatic nitrogens is 2. The maximum atomic E-state index is 11.3. The summed E-state index contributed by atoms with van der Waals surface area (Å²) in [6.45, 7) is 1.47. The number of ether oxygens (including phenoxy) is 2. The molecule has 1 aromatic heterocycles. The molecule has 1 fully saturated rings. The minimum atomic E-state index is -0.465. The van der Waals surface area contributed by atoms with Gasteiger partial charge >= 0.3 is 5.97 Å². The van der Waals surface area contributed by atoms with Crippen molar-refractivity contribution in [1.82, 2.24) is 9.97 Å². The van der Waals surface area contributed by atoms with Crippen LogP contribution in [0.15, 0.2) is 12.3 Å². The van der Waals surface area contributed by atoms with Crippen molar-refractivity contribution in [1.29, 1.82) is 0 Å². The lowest BCUT2D eigenvalue weighted by Gasteiger charge is -2.10. The second-order valence-electron chi connectivity index (χ2n) is 3.77. The molecule has 0 bridgehead atoms. The van der Waals surface area contributed by atoms with E-state index < -0.39 is 5.97 Å². The van der Waals surface area contributed by atoms with E-state index in [-0.39, 0.29) is 11.8 Å².